The van der Waals surface area contributed by atoms with Crippen LogP contribution in [0.15, 0.2) is 24.3 Å². The fraction of sp³-hybridized carbons (Fsp3) is 0.471. The Morgan fingerprint density at radius 1 is 1.22 bits per heavy atom. The van der Waals surface area contributed by atoms with E-state index in [0.29, 0.717) is 11.3 Å². The third-order valence-electron chi connectivity index (χ3n) is 4.27. The first kappa shape index (κ1) is 17.0. The van der Waals surface area contributed by atoms with E-state index in [1.54, 1.807) is 45.2 Å². The lowest BCUT2D eigenvalue weighted by Crippen LogP contribution is -2.40. The van der Waals surface area contributed by atoms with Gasteiger partial charge in [-0.05, 0) is 38.8 Å². The van der Waals surface area contributed by atoms with Gasteiger partial charge in [-0.15, -0.1) is 0 Å². The highest BCUT2D eigenvalue weighted by molar-refractivity contribution is 6.05. The first-order chi connectivity index (χ1) is 10.8. The van der Waals surface area contributed by atoms with Crippen molar-refractivity contribution in [3.8, 4) is 0 Å². The van der Waals surface area contributed by atoms with Crippen molar-refractivity contribution in [3.63, 3.8) is 0 Å². The van der Waals surface area contributed by atoms with E-state index in [1.165, 1.54) is 4.90 Å². The molecule has 6 heteroatoms. The van der Waals surface area contributed by atoms with E-state index in [1.807, 2.05) is 0 Å². The number of amides is 2. The Bertz CT molecular complexity index is 625. The maximum absolute atomic E-state index is 12.5. The van der Waals surface area contributed by atoms with Crippen LogP contribution >= 0.6 is 0 Å². The number of anilines is 1. The minimum atomic E-state index is -0.966. The summed E-state index contributed by atoms with van der Waals surface area (Å²) in [6.07, 6.45) is 1.79. The molecule has 0 bridgehead atoms. The third kappa shape index (κ3) is 3.88. The van der Waals surface area contributed by atoms with Gasteiger partial charge in [0.05, 0.1) is 17.2 Å². The lowest BCUT2D eigenvalue weighted by atomic mass is 10.0. The van der Waals surface area contributed by atoms with Gasteiger partial charge >= 0.3 is 5.97 Å². The zero-order valence-electron chi connectivity index (χ0n) is 13.6. The highest BCUT2D eigenvalue weighted by Crippen LogP contribution is 2.33. The Morgan fingerprint density at radius 3 is 2.39 bits per heavy atom. The summed E-state index contributed by atoms with van der Waals surface area (Å²) >= 11 is 0. The summed E-state index contributed by atoms with van der Waals surface area (Å²) < 4.78 is 0. The molecule has 1 aliphatic carbocycles. The number of nitrogens with zero attached hydrogens (tertiary/aromatic N) is 1. The molecule has 1 fully saturated rings. The number of hydrogen-bond acceptors (Lipinski definition) is 3. The number of carboxylic acids is 1. The van der Waals surface area contributed by atoms with Gasteiger partial charge in [0.1, 0.15) is 0 Å². The molecule has 1 aliphatic rings. The van der Waals surface area contributed by atoms with Crippen molar-refractivity contribution < 1.29 is 19.5 Å². The standard InChI is InChI=1S/C17H22N2O4/c1-10(17(22)23)11(2)18-15(20)13-6-4-5-7-14(13)19(3)16(21)12-8-9-12/h4-7,10-12H,8-9H2,1-3H3,(H,18,20)(H,22,23). The molecular weight excluding hydrogens is 296 g/mol. The van der Waals surface area contributed by atoms with Crippen LogP contribution in [0.3, 0.4) is 0 Å². The fourth-order valence-corrected chi connectivity index (χ4v) is 2.30. The van der Waals surface area contributed by atoms with Gasteiger partial charge in [-0.25, -0.2) is 0 Å². The van der Waals surface area contributed by atoms with Crippen LogP contribution in [-0.2, 0) is 9.59 Å². The molecule has 2 N–H and O–H groups in total. The maximum atomic E-state index is 12.5. The van der Waals surface area contributed by atoms with Crippen LogP contribution < -0.4 is 10.2 Å². The first-order valence-electron chi connectivity index (χ1n) is 7.73. The van der Waals surface area contributed by atoms with Gasteiger partial charge < -0.3 is 15.3 Å². The molecule has 6 nitrogen and oxygen atoms in total. The minimum absolute atomic E-state index is 0.0113. The van der Waals surface area contributed by atoms with E-state index in [-0.39, 0.29) is 17.7 Å². The average Bonchev–Trinajstić information content (AvgIpc) is 3.37. The topological polar surface area (TPSA) is 86.7 Å². The Balaban J connectivity index is 2.17. The molecule has 124 valence electrons. The van der Waals surface area contributed by atoms with Crippen LogP contribution in [0.2, 0.25) is 0 Å². The molecule has 0 radical (unpaired) electrons. The van der Waals surface area contributed by atoms with E-state index < -0.39 is 17.9 Å². The number of benzene rings is 1. The van der Waals surface area contributed by atoms with Crippen LogP contribution in [0.5, 0.6) is 0 Å². The van der Waals surface area contributed by atoms with E-state index in [0.717, 1.165) is 12.8 Å². The fourth-order valence-electron chi connectivity index (χ4n) is 2.30. The van der Waals surface area contributed by atoms with Gasteiger partial charge in [-0.1, -0.05) is 12.1 Å². The molecule has 0 saturated heterocycles. The van der Waals surface area contributed by atoms with Crippen LogP contribution in [0.1, 0.15) is 37.0 Å². The molecule has 0 aromatic heterocycles. The normalized spacial score (nSPS) is 16.3. The van der Waals surface area contributed by atoms with Crippen molar-refractivity contribution in [3.05, 3.63) is 29.8 Å². The van der Waals surface area contributed by atoms with E-state index >= 15 is 0 Å². The molecule has 0 heterocycles. The summed E-state index contributed by atoms with van der Waals surface area (Å²) in [7, 11) is 1.66. The number of nitrogens with one attached hydrogen (secondary N) is 1. The molecule has 1 aromatic rings. The van der Waals surface area contributed by atoms with Gasteiger partial charge in [0.15, 0.2) is 0 Å². The van der Waals surface area contributed by atoms with Gasteiger partial charge in [0.25, 0.3) is 5.91 Å². The smallest absolute Gasteiger partial charge is 0.308 e. The van der Waals surface area contributed by atoms with Crippen LogP contribution in [0.25, 0.3) is 0 Å². The molecule has 1 aromatic carbocycles. The van der Waals surface area contributed by atoms with Gasteiger partial charge in [-0.3, -0.25) is 14.4 Å². The lowest BCUT2D eigenvalue weighted by Gasteiger charge is -2.22. The minimum Gasteiger partial charge on any atom is -0.481 e. The number of para-hydroxylation sites is 1. The van der Waals surface area contributed by atoms with Crippen molar-refractivity contribution >= 4 is 23.5 Å². The number of carbonyl (C=O) groups excluding carboxylic acids is 2. The predicted molar refractivity (Wildman–Crippen MR) is 86.3 cm³/mol. The van der Waals surface area contributed by atoms with Crippen molar-refractivity contribution in [2.45, 2.75) is 32.7 Å². The summed E-state index contributed by atoms with van der Waals surface area (Å²) in [5, 5.41) is 11.7. The summed E-state index contributed by atoms with van der Waals surface area (Å²) in [4.78, 5) is 37.2. The predicted octanol–water partition coefficient (Wildman–Crippen LogP) is 1.90. The van der Waals surface area contributed by atoms with Crippen molar-refractivity contribution in [2.24, 2.45) is 11.8 Å². The zero-order valence-corrected chi connectivity index (χ0v) is 13.6. The summed E-state index contributed by atoms with van der Waals surface area (Å²) in [6.45, 7) is 3.19. The van der Waals surface area contributed by atoms with Crippen LogP contribution in [0.4, 0.5) is 5.69 Å². The molecule has 2 amide bonds. The number of hydrogen-bond donors (Lipinski definition) is 2. The summed E-state index contributed by atoms with van der Waals surface area (Å²) in [6, 6.07) is 6.34. The molecule has 1 saturated carbocycles. The second kappa shape index (κ2) is 6.81. The Hall–Kier alpha value is -2.37. The SMILES string of the molecule is CC(NC(=O)c1ccccc1N(C)C(=O)C1CC1)C(C)C(=O)O. The monoisotopic (exact) mass is 318 g/mol. The van der Waals surface area contributed by atoms with Crippen LogP contribution in [-0.4, -0.2) is 36.0 Å². The molecule has 2 atom stereocenters. The highest BCUT2D eigenvalue weighted by Gasteiger charge is 2.33. The van der Waals surface area contributed by atoms with Crippen molar-refractivity contribution in [1.29, 1.82) is 0 Å². The lowest BCUT2D eigenvalue weighted by molar-refractivity contribution is -0.141. The van der Waals surface area contributed by atoms with E-state index in [4.69, 9.17) is 5.11 Å². The number of rotatable bonds is 6. The number of aliphatic carboxylic acids is 1. The Morgan fingerprint density at radius 2 is 1.83 bits per heavy atom. The Kier molecular flexibility index (Phi) is 5.03. The second-order valence-electron chi connectivity index (χ2n) is 6.08. The Labute approximate surface area is 135 Å². The summed E-state index contributed by atoms with van der Waals surface area (Å²) in [5.41, 5.74) is 0.908. The van der Waals surface area contributed by atoms with E-state index in [2.05, 4.69) is 5.32 Å². The average molecular weight is 318 g/mol. The van der Waals surface area contributed by atoms with Crippen molar-refractivity contribution in [2.75, 3.05) is 11.9 Å². The van der Waals surface area contributed by atoms with E-state index in [9.17, 15) is 14.4 Å². The molecule has 0 spiro atoms. The molecule has 23 heavy (non-hydrogen) atoms. The van der Waals surface area contributed by atoms with Gasteiger partial charge in [0.2, 0.25) is 5.91 Å². The van der Waals surface area contributed by atoms with Gasteiger partial charge in [0, 0.05) is 19.0 Å². The second-order valence-corrected chi connectivity index (χ2v) is 6.08. The first-order valence-corrected chi connectivity index (χ1v) is 7.73. The number of carbonyl (C=O) groups is 3. The van der Waals surface area contributed by atoms with Gasteiger partial charge in [-0.2, -0.15) is 0 Å². The zero-order chi connectivity index (χ0) is 17.1. The maximum Gasteiger partial charge on any atom is 0.308 e. The summed E-state index contributed by atoms with van der Waals surface area (Å²) in [5.74, 6) is -1.97. The number of carboxylic acid groups (broad SMARTS) is 1. The molecule has 2 unspecified atom stereocenters. The molecular formula is C17H22N2O4. The highest BCUT2D eigenvalue weighted by atomic mass is 16.4. The van der Waals surface area contributed by atoms with Crippen LogP contribution in [0, 0.1) is 11.8 Å². The van der Waals surface area contributed by atoms with Crippen molar-refractivity contribution in [1.82, 2.24) is 5.32 Å². The molecule has 0 aliphatic heterocycles. The molecule has 2 rings (SSSR count). The largest absolute Gasteiger partial charge is 0.481 e. The quantitative estimate of drug-likeness (QED) is 0.838. The third-order valence-corrected chi connectivity index (χ3v) is 4.27.